The molecule has 2 heterocycles. The van der Waals surface area contributed by atoms with Gasteiger partial charge in [0.15, 0.2) is 0 Å². The number of nitrogen functional groups attached to an aromatic ring is 1. The van der Waals surface area contributed by atoms with Crippen molar-refractivity contribution in [2.24, 2.45) is 5.84 Å². The van der Waals surface area contributed by atoms with E-state index in [2.05, 4.69) is 34.8 Å². The van der Waals surface area contributed by atoms with Crippen molar-refractivity contribution in [2.75, 3.05) is 5.43 Å². The SMILES string of the molecule is Cc1ccc(CC(C)NC(=O)c2cnccc2NN)s1. The Kier molecular flexibility index (Phi) is 4.70. The maximum atomic E-state index is 12.2. The van der Waals surface area contributed by atoms with Crippen LogP contribution in [0, 0.1) is 6.92 Å². The number of nitrogens with one attached hydrogen (secondary N) is 2. The molecule has 2 rings (SSSR count). The van der Waals surface area contributed by atoms with E-state index in [0.717, 1.165) is 6.42 Å². The minimum atomic E-state index is -0.174. The molecule has 2 aromatic rings. The van der Waals surface area contributed by atoms with Crippen molar-refractivity contribution in [3.63, 3.8) is 0 Å². The van der Waals surface area contributed by atoms with Crippen LogP contribution in [-0.4, -0.2) is 16.9 Å². The van der Waals surface area contributed by atoms with Gasteiger partial charge in [-0.3, -0.25) is 15.6 Å². The lowest BCUT2D eigenvalue weighted by atomic mass is 10.1. The van der Waals surface area contributed by atoms with E-state index in [4.69, 9.17) is 5.84 Å². The Morgan fingerprint density at radius 2 is 2.25 bits per heavy atom. The van der Waals surface area contributed by atoms with Crippen LogP contribution in [0.1, 0.15) is 27.0 Å². The van der Waals surface area contributed by atoms with Crippen LogP contribution in [0.4, 0.5) is 5.69 Å². The molecule has 0 fully saturated rings. The largest absolute Gasteiger partial charge is 0.349 e. The molecule has 0 spiro atoms. The van der Waals surface area contributed by atoms with Gasteiger partial charge in [-0.25, -0.2) is 0 Å². The molecule has 1 amide bonds. The van der Waals surface area contributed by atoms with Gasteiger partial charge in [0.1, 0.15) is 0 Å². The van der Waals surface area contributed by atoms with E-state index < -0.39 is 0 Å². The lowest BCUT2D eigenvalue weighted by Gasteiger charge is -2.14. The van der Waals surface area contributed by atoms with E-state index in [1.54, 1.807) is 23.6 Å². The smallest absolute Gasteiger partial charge is 0.255 e. The van der Waals surface area contributed by atoms with Crippen molar-refractivity contribution in [3.8, 4) is 0 Å². The van der Waals surface area contributed by atoms with Crippen molar-refractivity contribution in [1.82, 2.24) is 10.3 Å². The fourth-order valence-electron chi connectivity index (χ4n) is 1.95. The number of amides is 1. The molecular weight excluding hydrogens is 272 g/mol. The maximum Gasteiger partial charge on any atom is 0.255 e. The van der Waals surface area contributed by atoms with E-state index in [9.17, 15) is 4.79 Å². The zero-order valence-electron chi connectivity index (χ0n) is 11.5. The quantitative estimate of drug-likeness (QED) is 0.582. The molecule has 5 nitrogen and oxygen atoms in total. The minimum Gasteiger partial charge on any atom is -0.349 e. The van der Waals surface area contributed by atoms with Gasteiger partial charge in [0.05, 0.1) is 11.3 Å². The lowest BCUT2D eigenvalue weighted by Crippen LogP contribution is -2.34. The zero-order chi connectivity index (χ0) is 14.5. The van der Waals surface area contributed by atoms with Gasteiger partial charge < -0.3 is 10.7 Å². The maximum absolute atomic E-state index is 12.2. The van der Waals surface area contributed by atoms with Crippen LogP contribution < -0.4 is 16.6 Å². The first-order valence-corrected chi connectivity index (χ1v) is 7.18. The number of carbonyl (C=O) groups is 1. The average Bonchev–Trinajstić information content (AvgIpc) is 2.83. The standard InChI is InChI=1S/C14H18N4OS/c1-9(7-11-4-3-10(2)20-11)17-14(19)12-8-16-6-5-13(12)18-15/h3-6,8-9H,7,15H2,1-2H3,(H,16,18)(H,17,19). The number of pyridine rings is 1. The van der Waals surface area contributed by atoms with Gasteiger partial charge in [-0.05, 0) is 32.0 Å². The monoisotopic (exact) mass is 290 g/mol. The summed E-state index contributed by atoms with van der Waals surface area (Å²) in [6.07, 6.45) is 3.91. The first-order chi connectivity index (χ1) is 9.60. The van der Waals surface area contributed by atoms with Crippen molar-refractivity contribution in [3.05, 3.63) is 45.9 Å². The summed E-state index contributed by atoms with van der Waals surface area (Å²) >= 11 is 1.75. The van der Waals surface area contributed by atoms with Crippen LogP contribution >= 0.6 is 11.3 Å². The van der Waals surface area contributed by atoms with Crippen LogP contribution in [0.5, 0.6) is 0 Å². The highest BCUT2D eigenvalue weighted by Gasteiger charge is 2.14. The molecule has 106 valence electrons. The molecule has 6 heteroatoms. The predicted octanol–water partition coefficient (Wildman–Crippen LogP) is 2.10. The van der Waals surface area contributed by atoms with Crippen molar-refractivity contribution in [1.29, 1.82) is 0 Å². The van der Waals surface area contributed by atoms with Crippen molar-refractivity contribution >= 4 is 22.9 Å². The third kappa shape index (κ3) is 3.55. The molecule has 2 aromatic heterocycles. The van der Waals surface area contributed by atoms with Crippen LogP contribution in [0.25, 0.3) is 0 Å². The summed E-state index contributed by atoms with van der Waals surface area (Å²) in [6, 6.07) is 5.90. The summed E-state index contributed by atoms with van der Waals surface area (Å²) in [5.74, 6) is 5.22. The summed E-state index contributed by atoms with van der Waals surface area (Å²) in [5.41, 5.74) is 3.52. The van der Waals surface area contributed by atoms with Gasteiger partial charge >= 0.3 is 0 Å². The van der Waals surface area contributed by atoms with Gasteiger partial charge in [0.2, 0.25) is 0 Å². The highest BCUT2D eigenvalue weighted by atomic mass is 32.1. The number of aryl methyl sites for hydroxylation is 1. The number of thiophene rings is 1. The minimum absolute atomic E-state index is 0.0476. The summed E-state index contributed by atoms with van der Waals surface area (Å²) < 4.78 is 0. The second kappa shape index (κ2) is 6.49. The highest BCUT2D eigenvalue weighted by Crippen LogP contribution is 2.17. The van der Waals surface area contributed by atoms with Gasteiger partial charge in [0, 0.05) is 34.6 Å². The van der Waals surface area contributed by atoms with Crippen LogP contribution in [0.3, 0.4) is 0 Å². The molecule has 0 aliphatic carbocycles. The Labute approximate surface area is 122 Å². The molecule has 0 aliphatic heterocycles. The molecular formula is C14H18N4OS. The topological polar surface area (TPSA) is 80.0 Å². The summed E-state index contributed by atoms with van der Waals surface area (Å²) in [5, 5.41) is 2.96. The van der Waals surface area contributed by atoms with Crippen LogP contribution in [-0.2, 0) is 6.42 Å². The highest BCUT2D eigenvalue weighted by molar-refractivity contribution is 7.11. The van der Waals surface area contributed by atoms with Crippen molar-refractivity contribution in [2.45, 2.75) is 26.3 Å². The number of aromatic nitrogens is 1. The Bertz CT molecular complexity index is 596. The van der Waals surface area contributed by atoms with Gasteiger partial charge in [-0.1, -0.05) is 0 Å². The number of carbonyl (C=O) groups excluding carboxylic acids is 1. The third-order valence-electron chi connectivity index (χ3n) is 2.90. The average molecular weight is 290 g/mol. The number of rotatable bonds is 5. The number of nitrogens with zero attached hydrogens (tertiary/aromatic N) is 1. The van der Waals surface area contributed by atoms with Gasteiger partial charge in [-0.2, -0.15) is 0 Å². The van der Waals surface area contributed by atoms with Gasteiger partial charge in [0.25, 0.3) is 5.91 Å². The lowest BCUT2D eigenvalue weighted by molar-refractivity contribution is 0.0940. The second-order valence-electron chi connectivity index (χ2n) is 4.66. The molecule has 0 aromatic carbocycles. The third-order valence-corrected chi connectivity index (χ3v) is 3.93. The Morgan fingerprint density at radius 1 is 1.45 bits per heavy atom. The number of hydrogen-bond donors (Lipinski definition) is 3. The van der Waals surface area contributed by atoms with E-state index in [1.807, 2.05) is 6.92 Å². The molecule has 0 aliphatic rings. The number of anilines is 1. The van der Waals surface area contributed by atoms with Crippen LogP contribution in [0.15, 0.2) is 30.6 Å². The van der Waals surface area contributed by atoms with E-state index >= 15 is 0 Å². The van der Waals surface area contributed by atoms with Gasteiger partial charge in [-0.15, -0.1) is 11.3 Å². The fraction of sp³-hybridized carbons (Fsp3) is 0.286. The number of hydrazine groups is 1. The molecule has 20 heavy (non-hydrogen) atoms. The molecule has 0 radical (unpaired) electrons. The molecule has 1 unspecified atom stereocenters. The molecule has 0 saturated carbocycles. The van der Waals surface area contributed by atoms with E-state index in [1.165, 1.54) is 16.0 Å². The molecule has 0 bridgehead atoms. The molecule has 4 N–H and O–H groups in total. The predicted molar refractivity (Wildman–Crippen MR) is 81.7 cm³/mol. The Morgan fingerprint density at radius 3 is 2.90 bits per heavy atom. The zero-order valence-corrected chi connectivity index (χ0v) is 12.3. The second-order valence-corrected chi connectivity index (χ2v) is 6.03. The first kappa shape index (κ1) is 14.5. The summed E-state index contributed by atoms with van der Waals surface area (Å²) in [6.45, 7) is 4.06. The summed E-state index contributed by atoms with van der Waals surface area (Å²) in [4.78, 5) is 18.7. The number of nitrogens with two attached hydrogens (primary N) is 1. The van der Waals surface area contributed by atoms with Crippen molar-refractivity contribution < 1.29 is 4.79 Å². The van der Waals surface area contributed by atoms with Crippen LogP contribution in [0.2, 0.25) is 0 Å². The Hall–Kier alpha value is -1.92. The van der Waals surface area contributed by atoms with E-state index in [-0.39, 0.29) is 11.9 Å². The normalized spacial score (nSPS) is 11.9. The molecule has 1 atom stereocenters. The Balaban J connectivity index is 2.00. The van der Waals surface area contributed by atoms with E-state index in [0.29, 0.717) is 11.3 Å². The fourth-order valence-corrected chi connectivity index (χ4v) is 2.97. The summed E-state index contributed by atoms with van der Waals surface area (Å²) in [7, 11) is 0. The first-order valence-electron chi connectivity index (χ1n) is 6.37. The number of hydrogen-bond acceptors (Lipinski definition) is 5. The molecule has 0 saturated heterocycles.